The lowest BCUT2D eigenvalue weighted by atomic mass is 10.1. The zero-order chi connectivity index (χ0) is 12.6. The molecular formula is C11H10FNO4. The minimum atomic E-state index is -1.04. The molecule has 1 atom stereocenters. The molecule has 1 aromatic rings. The van der Waals surface area contributed by atoms with Crippen LogP contribution in [0.5, 0.6) is 5.75 Å². The number of aliphatic carboxylic acids is 1. The van der Waals surface area contributed by atoms with E-state index in [1.165, 1.54) is 11.0 Å². The highest BCUT2D eigenvalue weighted by Gasteiger charge is 2.35. The predicted octanol–water partition coefficient (Wildman–Crippen LogP) is 0.969. The quantitative estimate of drug-likeness (QED) is 0.806. The van der Waals surface area contributed by atoms with Gasteiger partial charge in [0.1, 0.15) is 0 Å². The van der Waals surface area contributed by atoms with Crippen molar-refractivity contribution in [1.29, 1.82) is 0 Å². The van der Waals surface area contributed by atoms with Crippen LogP contribution in [0.3, 0.4) is 0 Å². The van der Waals surface area contributed by atoms with Crippen molar-refractivity contribution in [3.63, 3.8) is 0 Å². The van der Waals surface area contributed by atoms with E-state index in [1.807, 2.05) is 0 Å². The van der Waals surface area contributed by atoms with E-state index >= 15 is 0 Å². The van der Waals surface area contributed by atoms with Gasteiger partial charge < -0.3 is 15.1 Å². The Morgan fingerprint density at radius 2 is 2.18 bits per heavy atom. The normalized spacial score (nSPS) is 19.7. The van der Waals surface area contributed by atoms with Crippen molar-refractivity contribution in [3.05, 3.63) is 24.0 Å². The summed E-state index contributed by atoms with van der Waals surface area (Å²) in [6, 6.07) is 3.47. The van der Waals surface area contributed by atoms with Crippen molar-refractivity contribution in [3.8, 4) is 5.75 Å². The van der Waals surface area contributed by atoms with E-state index in [2.05, 4.69) is 0 Å². The van der Waals surface area contributed by atoms with Gasteiger partial charge in [-0.3, -0.25) is 9.59 Å². The molecule has 2 rings (SSSR count). The van der Waals surface area contributed by atoms with Crippen molar-refractivity contribution in [2.24, 2.45) is 5.92 Å². The minimum Gasteiger partial charge on any atom is -0.505 e. The third-order valence-electron chi connectivity index (χ3n) is 2.72. The van der Waals surface area contributed by atoms with Crippen LogP contribution >= 0.6 is 0 Å². The van der Waals surface area contributed by atoms with Crippen LogP contribution in [0, 0.1) is 11.7 Å². The molecule has 6 heteroatoms. The molecule has 0 aliphatic carbocycles. The number of halogens is 1. The van der Waals surface area contributed by atoms with Crippen LogP contribution in [0.15, 0.2) is 18.2 Å². The fraction of sp³-hybridized carbons (Fsp3) is 0.273. The van der Waals surface area contributed by atoms with Crippen LogP contribution in [0.4, 0.5) is 10.1 Å². The largest absolute Gasteiger partial charge is 0.505 e. The lowest BCUT2D eigenvalue weighted by Crippen LogP contribution is -2.25. The summed E-state index contributed by atoms with van der Waals surface area (Å²) < 4.78 is 12.8. The number of nitrogens with zero attached hydrogens (tertiary/aromatic N) is 1. The Kier molecular flexibility index (Phi) is 2.71. The van der Waals surface area contributed by atoms with Crippen LogP contribution in [0.25, 0.3) is 0 Å². The van der Waals surface area contributed by atoms with Crippen molar-refractivity contribution in [2.75, 3.05) is 11.4 Å². The monoisotopic (exact) mass is 239 g/mol. The summed E-state index contributed by atoms with van der Waals surface area (Å²) in [6.07, 6.45) is -0.0759. The standard InChI is InChI=1S/C11H10FNO4/c12-8-2-1-7(4-9(8)14)13-5-6(11(16)17)3-10(13)15/h1-2,4,6,14H,3,5H2,(H,16,17). The highest BCUT2D eigenvalue weighted by molar-refractivity contribution is 5.99. The topological polar surface area (TPSA) is 77.8 Å². The molecule has 0 radical (unpaired) electrons. The molecule has 0 aromatic heterocycles. The molecule has 1 amide bonds. The van der Waals surface area contributed by atoms with E-state index in [9.17, 15) is 19.1 Å². The summed E-state index contributed by atoms with van der Waals surface area (Å²) in [4.78, 5) is 23.6. The van der Waals surface area contributed by atoms with E-state index in [4.69, 9.17) is 5.11 Å². The average Bonchev–Trinajstić information content (AvgIpc) is 2.65. The third kappa shape index (κ3) is 2.06. The second-order valence-corrected chi connectivity index (χ2v) is 3.88. The van der Waals surface area contributed by atoms with Gasteiger partial charge in [-0.2, -0.15) is 0 Å². The molecule has 1 fully saturated rings. The van der Waals surface area contributed by atoms with Gasteiger partial charge in [-0.05, 0) is 12.1 Å². The van der Waals surface area contributed by atoms with Crippen molar-refractivity contribution >= 4 is 17.6 Å². The predicted molar refractivity (Wildman–Crippen MR) is 56.2 cm³/mol. The van der Waals surface area contributed by atoms with Gasteiger partial charge in [0, 0.05) is 24.7 Å². The number of hydrogen-bond acceptors (Lipinski definition) is 3. The molecule has 1 saturated heterocycles. The second kappa shape index (κ2) is 4.04. The summed E-state index contributed by atoms with van der Waals surface area (Å²) in [5, 5.41) is 18.0. The van der Waals surface area contributed by atoms with E-state index < -0.39 is 23.5 Å². The summed E-state index contributed by atoms with van der Waals surface area (Å²) in [7, 11) is 0. The number of amides is 1. The van der Waals surface area contributed by atoms with Crippen molar-refractivity contribution in [2.45, 2.75) is 6.42 Å². The molecule has 0 spiro atoms. The fourth-order valence-corrected chi connectivity index (χ4v) is 1.79. The molecule has 1 heterocycles. The zero-order valence-corrected chi connectivity index (χ0v) is 8.76. The molecule has 90 valence electrons. The van der Waals surface area contributed by atoms with Gasteiger partial charge in [0.25, 0.3) is 0 Å². The van der Waals surface area contributed by atoms with Crippen LogP contribution in [-0.4, -0.2) is 28.6 Å². The molecule has 1 unspecified atom stereocenters. The second-order valence-electron chi connectivity index (χ2n) is 3.88. The number of benzene rings is 1. The van der Waals surface area contributed by atoms with Gasteiger partial charge in [0.2, 0.25) is 5.91 Å². The number of phenols is 1. The maximum absolute atomic E-state index is 12.8. The highest BCUT2D eigenvalue weighted by Crippen LogP contribution is 2.28. The van der Waals surface area contributed by atoms with E-state index in [-0.39, 0.29) is 18.9 Å². The first-order valence-corrected chi connectivity index (χ1v) is 5.00. The molecule has 17 heavy (non-hydrogen) atoms. The summed E-state index contributed by atoms with van der Waals surface area (Å²) in [5.41, 5.74) is 0.303. The Morgan fingerprint density at radius 1 is 1.47 bits per heavy atom. The maximum Gasteiger partial charge on any atom is 0.308 e. The maximum atomic E-state index is 12.8. The number of carboxylic acids is 1. The van der Waals surface area contributed by atoms with Gasteiger partial charge >= 0.3 is 5.97 Å². The highest BCUT2D eigenvalue weighted by atomic mass is 19.1. The Hall–Kier alpha value is -2.11. The first-order chi connectivity index (χ1) is 7.99. The third-order valence-corrected chi connectivity index (χ3v) is 2.72. The lowest BCUT2D eigenvalue weighted by Gasteiger charge is -2.16. The molecule has 1 aliphatic heterocycles. The molecule has 1 aromatic carbocycles. The number of phenolic OH excluding ortho intramolecular Hbond substituents is 1. The molecule has 1 aliphatic rings. The lowest BCUT2D eigenvalue weighted by molar-refractivity contribution is -0.141. The van der Waals surface area contributed by atoms with Gasteiger partial charge in [-0.1, -0.05) is 0 Å². The summed E-state index contributed by atoms with van der Waals surface area (Å²) >= 11 is 0. The molecule has 0 saturated carbocycles. The van der Waals surface area contributed by atoms with Crippen LogP contribution in [0.2, 0.25) is 0 Å². The number of rotatable bonds is 2. The molecular weight excluding hydrogens is 229 g/mol. The average molecular weight is 239 g/mol. The number of anilines is 1. The van der Waals surface area contributed by atoms with Crippen LogP contribution in [0.1, 0.15) is 6.42 Å². The first kappa shape index (κ1) is 11.4. The van der Waals surface area contributed by atoms with Crippen LogP contribution in [-0.2, 0) is 9.59 Å². The Morgan fingerprint density at radius 3 is 2.71 bits per heavy atom. The molecule has 2 N–H and O–H groups in total. The first-order valence-electron chi connectivity index (χ1n) is 5.00. The van der Waals surface area contributed by atoms with Crippen LogP contribution < -0.4 is 4.90 Å². The number of aromatic hydroxyl groups is 1. The Balaban J connectivity index is 2.26. The number of carbonyl (C=O) groups is 2. The summed E-state index contributed by atoms with van der Waals surface area (Å²) in [6.45, 7) is 0.0409. The van der Waals surface area contributed by atoms with Gasteiger partial charge in [-0.15, -0.1) is 0 Å². The summed E-state index contributed by atoms with van der Waals surface area (Å²) in [5.74, 6) is -3.48. The SMILES string of the molecule is O=C(O)C1CC(=O)N(c2ccc(F)c(O)c2)C1. The number of carbonyl (C=O) groups excluding carboxylic acids is 1. The van der Waals surface area contributed by atoms with Crippen molar-refractivity contribution in [1.82, 2.24) is 0 Å². The van der Waals surface area contributed by atoms with Gasteiger partial charge in [-0.25, -0.2) is 4.39 Å². The van der Waals surface area contributed by atoms with E-state index in [0.717, 1.165) is 12.1 Å². The zero-order valence-electron chi connectivity index (χ0n) is 8.76. The molecule has 0 bridgehead atoms. The number of carboxylic acid groups (broad SMARTS) is 1. The smallest absolute Gasteiger partial charge is 0.308 e. The Labute approximate surface area is 96.1 Å². The Bertz CT molecular complexity index is 488. The van der Waals surface area contributed by atoms with Gasteiger partial charge in [0.05, 0.1) is 5.92 Å². The van der Waals surface area contributed by atoms with E-state index in [0.29, 0.717) is 5.69 Å². The van der Waals surface area contributed by atoms with Crippen molar-refractivity contribution < 1.29 is 24.2 Å². The number of hydrogen-bond donors (Lipinski definition) is 2. The molecule has 5 nitrogen and oxygen atoms in total. The van der Waals surface area contributed by atoms with E-state index in [1.54, 1.807) is 0 Å². The van der Waals surface area contributed by atoms with Gasteiger partial charge in [0.15, 0.2) is 11.6 Å². The minimum absolute atomic E-state index is 0.0409. The fourth-order valence-electron chi connectivity index (χ4n) is 1.79.